The van der Waals surface area contributed by atoms with Gasteiger partial charge >= 0.3 is 0 Å². The standard InChI is InChI=1S/C16H21BrN2O/c1-12-16(17)14-6-2-3-7-15(14)19(12)9-8-18-11-13-5-4-10-20-13/h2-3,6-7,13,18H,4-5,8-11H2,1H3. The minimum atomic E-state index is 0.421. The van der Waals surface area contributed by atoms with Crippen LogP contribution in [0.2, 0.25) is 0 Å². The first-order chi connectivity index (χ1) is 9.77. The number of benzene rings is 1. The topological polar surface area (TPSA) is 26.2 Å². The van der Waals surface area contributed by atoms with Gasteiger partial charge in [-0.25, -0.2) is 0 Å². The lowest BCUT2D eigenvalue weighted by molar-refractivity contribution is 0.110. The second kappa shape index (κ2) is 6.29. The molecule has 3 nitrogen and oxygen atoms in total. The van der Waals surface area contributed by atoms with Crippen LogP contribution >= 0.6 is 15.9 Å². The van der Waals surface area contributed by atoms with Gasteiger partial charge in [-0.3, -0.25) is 0 Å². The lowest BCUT2D eigenvalue weighted by Crippen LogP contribution is -2.29. The average Bonchev–Trinajstić information content (AvgIpc) is 3.06. The zero-order chi connectivity index (χ0) is 13.9. The molecule has 1 aliphatic rings. The zero-order valence-corrected chi connectivity index (χ0v) is 13.4. The first-order valence-electron chi connectivity index (χ1n) is 7.33. The molecule has 0 aliphatic carbocycles. The van der Waals surface area contributed by atoms with Gasteiger partial charge in [-0.05, 0) is 41.8 Å². The number of aromatic nitrogens is 1. The smallest absolute Gasteiger partial charge is 0.0700 e. The quantitative estimate of drug-likeness (QED) is 0.846. The monoisotopic (exact) mass is 336 g/mol. The Labute approximate surface area is 128 Å². The number of hydrogen-bond donors (Lipinski definition) is 1. The van der Waals surface area contributed by atoms with E-state index in [0.717, 1.165) is 26.2 Å². The van der Waals surface area contributed by atoms with Crippen LogP contribution in [0.25, 0.3) is 10.9 Å². The summed E-state index contributed by atoms with van der Waals surface area (Å²) in [5, 5.41) is 4.81. The summed E-state index contributed by atoms with van der Waals surface area (Å²) in [6, 6.07) is 8.55. The van der Waals surface area contributed by atoms with E-state index in [2.05, 4.69) is 57.0 Å². The van der Waals surface area contributed by atoms with Crippen LogP contribution in [-0.2, 0) is 11.3 Å². The first-order valence-corrected chi connectivity index (χ1v) is 8.12. The van der Waals surface area contributed by atoms with Crippen molar-refractivity contribution in [3.63, 3.8) is 0 Å². The number of fused-ring (bicyclic) bond motifs is 1. The Morgan fingerprint density at radius 2 is 2.25 bits per heavy atom. The molecule has 0 radical (unpaired) electrons. The lowest BCUT2D eigenvalue weighted by Gasteiger charge is -2.12. The zero-order valence-electron chi connectivity index (χ0n) is 11.9. The van der Waals surface area contributed by atoms with Crippen molar-refractivity contribution in [2.24, 2.45) is 0 Å². The predicted molar refractivity (Wildman–Crippen MR) is 86.2 cm³/mol. The molecule has 20 heavy (non-hydrogen) atoms. The molecular formula is C16H21BrN2O. The minimum absolute atomic E-state index is 0.421. The molecule has 3 rings (SSSR count). The van der Waals surface area contributed by atoms with E-state index in [9.17, 15) is 0 Å². The summed E-state index contributed by atoms with van der Waals surface area (Å²) in [4.78, 5) is 0. The third kappa shape index (κ3) is 2.78. The molecular weight excluding hydrogens is 316 g/mol. The second-order valence-corrected chi connectivity index (χ2v) is 6.20. The summed E-state index contributed by atoms with van der Waals surface area (Å²) < 4.78 is 9.22. The van der Waals surface area contributed by atoms with E-state index in [0.29, 0.717) is 6.10 Å². The Bertz CT molecular complexity index is 587. The van der Waals surface area contributed by atoms with Gasteiger partial charge in [-0.2, -0.15) is 0 Å². The molecule has 0 spiro atoms. The van der Waals surface area contributed by atoms with Crippen LogP contribution in [0.3, 0.4) is 0 Å². The van der Waals surface area contributed by atoms with Gasteiger partial charge in [-0.15, -0.1) is 0 Å². The molecule has 4 heteroatoms. The number of hydrogen-bond acceptors (Lipinski definition) is 2. The van der Waals surface area contributed by atoms with Crippen LogP contribution in [0.5, 0.6) is 0 Å². The first kappa shape index (κ1) is 14.1. The van der Waals surface area contributed by atoms with Gasteiger partial charge in [0.05, 0.1) is 6.10 Å². The van der Waals surface area contributed by atoms with E-state index in [1.807, 2.05) is 0 Å². The normalized spacial score (nSPS) is 19.0. The minimum Gasteiger partial charge on any atom is -0.377 e. The SMILES string of the molecule is Cc1c(Br)c2ccccc2n1CCNCC1CCCO1. The lowest BCUT2D eigenvalue weighted by atomic mass is 10.2. The van der Waals surface area contributed by atoms with Crippen molar-refractivity contribution in [2.75, 3.05) is 19.7 Å². The summed E-state index contributed by atoms with van der Waals surface area (Å²) >= 11 is 3.70. The van der Waals surface area contributed by atoms with E-state index >= 15 is 0 Å². The van der Waals surface area contributed by atoms with Crippen LogP contribution < -0.4 is 5.32 Å². The maximum atomic E-state index is 5.63. The van der Waals surface area contributed by atoms with Crippen LogP contribution in [0.15, 0.2) is 28.7 Å². The molecule has 2 heterocycles. The Balaban J connectivity index is 1.63. The van der Waals surface area contributed by atoms with Crippen LogP contribution in [0, 0.1) is 6.92 Å². The highest BCUT2D eigenvalue weighted by Gasteiger charge is 2.15. The molecule has 1 atom stereocenters. The van der Waals surface area contributed by atoms with E-state index in [4.69, 9.17) is 4.74 Å². The summed E-state index contributed by atoms with van der Waals surface area (Å²) in [6.45, 7) is 6.04. The van der Waals surface area contributed by atoms with Crippen LogP contribution in [0.4, 0.5) is 0 Å². The molecule has 1 N–H and O–H groups in total. The molecule has 1 aromatic heterocycles. The Kier molecular flexibility index (Phi) is 4.44. The third-order valence-electron chi connectivity index (χ3n) is 4.06. The molecule has 0 saturated carbocycles. The van der Waals surface area contributed by atoms with Crippen molar-refractivity contribution in [1.29, 1.82) is 0 Å². The van der Waals surface area contributed by atoms with Crippen LogP contribution in [0.1, 0.15) is 18.5 Å². The molecule has 1 aliphatic heterocycles. The molecule has 0 bridgehead atoms. The number of ether oxygens (including phenoxy) is 1. The van der Waals surface area contributed by atoms with E-state index in [1.165, 1.54) is 33.9 Å². The number of halogens is 1. The van der Waals surface area contributed by atoms with Gasteiger partial charge in [-0.1, -0.05) is 18.2 Å². The Hall–Kier alpha value is -0.840. The molecule has 108 valence electrons. The third-order valence-corrected chi connectivity index (χ3v) is 5.06. The number of nitrogens with one attached hydrogen (secondary N) is 1. The highest BCUT2D eigenvalue weighted by atomic mass is 79.9. The summed E-state index contributed by atoms with van der Waals surface area (Å²) in [6.07, 6.45) is 2.83. The summed E-state index contributed by atoms with van der Waals surface area (Å²) in [5.41, 5.74) is 2.60. The summed E-state index contributed by atoms with van der Waals surface area (Å²) in [5.74, 6) is 0. The molecule has 1 fully saturated rings. The van der Waals surface area contributed by atoms with Crippen molar-refractivity contribution >= 4 is 26.8 Å². The van der Waals surface area contributed by atoms with Gasteiger partial charge in [0, 0.05) is 47.3 Å². The average molecular weight is 337 g/mol. The largest absolute Gasteiger partial charge is 0.377 e. The van der Waals surface area contributed by atoms with Crippen LogP contribution in [-0.4, -0.2) is 30.4 Å². The molecule has 1 aromatic carbocycles. The van der Waals surface area contributed by atoms with Gasteiger partial charge in [0.15, 0.2) is 0 Å². The second-order valence-electron chi connectivity index (χ2n) is 5.41. The molecule has 0 amide bonds. The van der Waals surface area contributed by atoms with Crippen molar-refractivity contribution < 1.29 is 4.74 Å². The van der Waals surface area contributed by atoms with Crippen molar-refractivity contribution in [3.8, 4) is 0 Å². The van der Waals surface area contributed by atoms with Crippen molar-refractivity contribution in [2.45, 2.75) is 32.4 Å². The number of rotatable bonds is 5. The van der Waals surface area contributed by atoms with Crippen molar-refractivity contribution in [1.82, 2.24) is 9.88 Å². The number of para-hydroxylation sites is 1. The van der Waals surface area contributed by atoms with E-state index in [1.54, 1.807) is 0 Å². The molecule has 2 aromatic rings. The van der Waals surface area contributed by atoms with E-state index < -0.39 is 0 Å². The van der Waals surface area contributed by atoms with Gasteiger partial charge in [0.1, 0.15) is 0 Å². The Morgan fingerprint density at radius 1 is 1.40 bits per heavy atom. The highest BCUT2D eigenvalue weighted by Crippen LogP contribution is 2.30. The van der Waals surface area contributed by atoms with Gasteiger partial charge in [0.2, 0.25) is 0 Å². The van der Waals surface area contributed by atoms with Gasteiger partial charge in [0.25, 0.3) is 0 Å². The fraction of sp³-hybridized carbons (Fsp3) is 0.500. The van der Waals surface area contributed by atoms with E-state index in [-0.39, 0.29) is 0 Å². The molecule has 1 saturated heterocycles. The fourth-order valence-electron chi connectivity index (χ4n) is 2.94. The fourth-order valence-corrected chi connectivity index (χ4v) is 3.49. The number of nitrogens with zero attached hydrogens (tertiary/aromatic N) is 1. The predicted octanol–water partition coefficient (Wildman–Crippen LogP) is 3.48. The molecule has 1 unspecified atom stereocenters. The Morgan fingerprint density at radius 3 is 3.05 bits per heavy atom. The summed E-state index contributed by atoms with van der Waals surface area (Å²) in [7, 11) is 0. The van der Waals surface area contributed by atoms with Gasteiger partial charge < -0.3 is 14.6 Å². The maximum Gasteiger partial charge on any atom is 0.0700 e. The maximum absolute atomic E-state index is 5.63. The highest BCUT2D eigenvalue weighted by molar-refractivity contribution is 9.10. The van der Waals surface area contributed by atoms with Crippen molar-refractivity contribution in [3.05, 3.63) is 34.4 Å².